The molecule has 0 unspecified atom stereocenters. The molecule has 0 saturated heterocycles. The van der Waals surface area contributed by atoms with Crippen LogP contribution in [0.15, 0.2) is 91.0 Å². The third-order valence-corrected chi connectivity index (χ3v) is 6.19. The quantitative estimate of drug-likeness (QED) is 0.218. The molecule has 4 rings (SSSR count). The first-order chi connectivity index (χ1) is 15.4. The minimum absolute atomic E-state index is 0.324. The highest BCUT2D eigenvalue weighted by Gasteiger charge is 2.08. The van der Waals surface area contributed by atoms with Crippen LogP contribution in [0.4, 0.5) is 0 Å². The average Bonchev–Trinajstić information content (AvgIpc) is 2.81. The van der Waals surface area contributed by atoms with E-state index in [-0.39, 0.29) is 0 Å². The van der Waals surface area contributed by atoms with Crippen LogP contribution >= 0.6 is 56.8 Å². The van der Waals surface area contributed by atoms with E-state index >= 15 is 0 Å². The number of aromatic hydroxyl groups is 1. The fraction of sp³-hybridized carbons (Fsp3) is 0.0769. The van der Waals surface area contributed by atoms with Crippen LogP contribution < -0.4 is 9.47 Å². The summed E-state index contributed by atoms with van der Waals surface area (Å²) in [6, 6.07) is 28.9. The molecular weight excluding hydrogens is 650 g/mol. The van der Waals surface area contributed by atoms with E-state index in [0.29, 0.717) is 12.4 Å². The molecule has 4 aromatic rings. The Morgan fingerprint density at radius 3 is 1.88 bits per heavy atom. The van der Waals surface area contributed by atoms with Crippen molar-refractivity contribution in [2.45, 2.75) is 6.61 Å². The largest absolute Gasteiger partial charge is 0.508 e. The molecule has 32 heavy (non-hydrogen) atoms. The topological polar surface area (TPSA) is 38.7 Å². The maximum absolute atomic E-state index is 8.75. The predicted molar refractivity (Wildman–Crippen MR) is 148 cm³/mol. The normalized spacial score (nSPS) is 10.1. The molecule has 0 bridgehead atoms. The third-order valence-electron chi connectivity index (χ3n) is 4.50. The van der Waals surface area contributed by atoms with E-state index in [1.807, 2.05) is 72.8 Å². The molecule has 0 aliphatic carbocycles. The summed E-state index contributed by atoms with van der Waals surface area (Å²) >= 11 is 10.5. The van der Waals surface area contributed by atoms with E-state index in [4.69, 9.17) is 26.2 Å². The summed E-state index contributed by atoms with van der Waals surface area (Å²) < 4.78 is 13.6. The molecular formula is C26H21ClI2O3. The second kappa shape index (κ2) is 12.3. The molecule has 0 amide bonds. The van der Waals surface area contributed by atoms with Crippen LogP contribution in [0.1, 0.15) is 5.56 Å². The number of halogens is 3. The summed E-state index contributed by atoms with van der Waals surface area (Å²) in [5, 5.41) is 9.48. The Balaban J connectivity index is 0.000000305. The zero-order chi connectivity index (χ0) is 22.9. The van der Waals surface area contributed by atoms with Gasteiger partial charge in [0.2, 0.25) is 0 Å². The lowest BCUT2D eigenvalue weighted by atomic mass is 10.00. The smallest absolute Gasteiger partial charge is 0.119 e. The summed E-state index contributed by atoms with van der Waals surface area (Å²) in [6.45, 7) is 0.468. The van der Waals surface area contributed by atoms with Gasteiger partial charge in [-0.1, -0.05) is 29.8 Å². The fourth-order valence-corrected chi connectivity index (χ4v) is 3.71. The molecule has 164 valence electrons. The minimum atomic E-state index is 0.324. The van der Waals surface area contributed by atoms with Gasteiger partial charge >= 0.3 is 0 Å². The van der Waals surface area contributed by atoms with Crippen LogP contribution in [-0.2, 0) is 6.61 Å². The number of ether oxygens (including phenoxy) is 2. The van der Waals surface area contributed by atoms with Gasteiger partial charge in [-0.25, -0.2) is 0 Å². The van der Waals surface area contributed by atoms with Gasteiger partial charge in [-0.05, 0) is 129 Å². The molecule has 0 aromatic heterocycles. The number of phenolic OH excluding ortho intramolecular Hbond substituents is 1. The highest BCUT2D eigenvalue weighted by Crippen LogP contribution is 2.29. The second-order valence-corrected chi connectivity index (χ2v) is 9.68. The van der Waals surface area contributed by atoms with Crippen LogP contribution in [0, 0.1) is 7.14 Å². The predicted octanol–water partition coefficient (Wildman–Crippen LogP) is 8.20. The van der Waals surface area contributed by atoms with E-state index < -0.39 is 0 Å². The summed E-state index contributed by atoms with van der Waals surface area (Å²) in [5.41, 5.74) is 3.27. The van der Waals surface area contributed by atoms with Crippen molar-refractivity contribution >= 4 is 56.8 Å². The van der Waals surface area contributed by atoms with Gasteiger partial charge in [0.1, 0.15) is 23.9 Å². The number of hydrogen-bond acceptors (Lipinski definition) is 3. The van der Waals surface area contributed by atoms with Crippen LogP contribution in [0.2, 0.25) is 5.02 Å². The Hall–Kier alpha value is -1.97. The number of benzene rings is 4. The van der Waals surface area contributed by atoms with Crippen molar-refractivity contribution in [2.24, 2.45) is 0 Å². The second-order valence-electron chi connectivity index (χ2n) is 6.75. The molecule has 0 radical (unpaired) electrons. The molecule has 4 aromatic carbocycles. The maximum atomic E-state index is 8.75. The van der Waals surface area contributed by atoms with E-state index in [9.17, 15) is 0 Å². The van der Waals surface area contributed by atoms with E-state index in [2.05, 4.69) is 51.2 Å². The molecule has 3 nitrogen and oxygen atoms in total. The van der Waals surface area contributed by atoms with Gasteiger partial charge in [-0.3, -0.25) is 0 Å². The SMILES string of the molecule is COc1ccc(-c2ccc(Cl)cc2)c(COc2ccc(I)cc2)c1.Oc1ccc(I)cc1. The molecule has 1 N–H and O–H groups in total. The van der Waals surface area contributed by atoms with Gasteiger partial charge in [-0.15, -0.1) is 0 Å². The number of methoxy groups -OCH3 is 1. The Bertz CT molecular complexity index is 1110. The lowest BCUT2D eigenvalue weighted by molar-refractivity contribution is 0.305. The lowest BCUT2D eigenvalue weighted by Gasteiger charge is -2.13. The summed E-state index contributed by atoms with van der Waals surface area (Å²) in [5.74, 6) is 1.99. The van der Waals surface area contributed by atoms with Crippen molar-refractivity contribution in [2.75, 3.05) is 7.11 Å². The average molecular weight is 671 g/mol. The molecule has 0 aliphatic rings. The van der Waals surface area contributed by atoms with Gasteiger partial charge in [0, 0.05) is 17.7 Å². The first-order valence-electron chi connectivity index (χ1n) is 9.70. The monoisotopic (exact) mass is 670 g/mol. The van der Waals surface area contributed by atoms with Crippen LogP contribution in [0.5, 0.6) is 17.2 Å². The third kappa shape index (κ3) is 7.56. The summed E-state index contributed by atoms with van der Waals surface area (Å²) in [4.78, 5) is 0. The highest BCUT2D eigenvalue weighted by atomic mass is 127. The molecule has 0 heterocycles. The first-order valence-corrected chi connectivity index (χ1v) is 12.2. The molecule has 6 heteroatoms. The van der Waals surface area contributed by atoms with Crippen LogP contribution in [0.3, 0.4) is 0 Å². The molecule has 0 spiro atoms. The van der Waals surface area contributed by atoms with Crippen molar-refractivity contribution in [3.05, 3.63) is 109 Å². The van der Waals surface area contributed by atoms with Crippen molar-refractivity contribution in [1.82, 2.24) is 0 Å². The van der Waals surface area contributed by atoms with Gasteiger partial charge in [0.25, 0.3) is 0 Å². The van der Waals surface area contributed by atoms with Gasteiger partial charge in [0.15, 0.2) is 0 Å². The van der Waals surface area contributed by atoms with Crippen LogP contribution in [-0.4, -0.2) is 12.2 Å². The molecule has 0 fully saturated rings. The van der Waals surface area contributed by atoms with E-state index in [1.165, 1.54) is 3.57 Å². The first kappa shape index (κ1) is 24.7. The van der Waals surface area contributed by atoms with Crippen molar-refractivity contribution in [1.29, 1.82) is 0 Å². The number of phenols is 1. The van der Waals surface area contributed by atoms with Gasteiger partial charge < -0.3 is 14.6 Å². The lowest BCUT2D eigenvalue weighted by Crippen LogP contribution is -1.99. The molecule has 0 aliphatic heterocycles. The zero-order valence-electron chi connectivity index (χ0n) is 17.3. The van der Waals surface area contributed by atoms with Gasteiger partial charge in [-0.2, -0.15) is 0 Å². The number of hydrogen-bond donors (Lipinski definition) is 1. The standard InChI is InChI=1S/C20H16ClIO2.C6H5IO/c1-23-19-10-11-20(14-2-4-16(21)5-3-14)15(12-19)13-24-18-8-6-17(22)7-9-18;7-5-1-3-6(8)4-2-5/h2-12H,13H2,1H3;1-4,8H. The van der Waals surface area contributed by atoms with Crippen molar-refractivity contribution in [3.8, 4) is 28.4 Å². The van der Waals surface area contributed by atoms with Crippen LogP contribution in [0.25, 0.3) is 11.1 Å². The molecule has 0 saturated carbocycles. The Morgan fingerprint density at radius 1 is 0.750 bits per heavy atom. The van der Waals surface area contributed by atoms with E-state index in [0.717, 1.165) is 36.8 Å². The highest BCUT2D eigenvalue weighted by molar-refractivity contribution is 14.1. The molecule has 0 atom stereocenters. The van der Waals surface area contributed by atoms with Crippen molar-refractivity contribution < 1.29 is 14.6 Å². The zero-order valence-corrected chi connectivity index (χ0v) is 22.3. The minimum Gasteiger partial charge on any atom is -0.508 e. The van der Waals surface area contributed by atoms with Crippen molar-refractivity contribution in [3.63, 3.8) is 0 Å². The Labute approximate surface area is 220 Å². The summed E-state index contributed by atoms with van der Waals surface area (Å²) in [6.07, 6.45) is 0. The fourth-order valence-electron chi connectivity index (χ4n) is 2.86. The van der Waals surface area contributed by atoms with Gasteiger partial charge in [0.05, 0.1) is 7.11 Å². The maximum Gasteiger partial charge on any atom is 0.119 e. The Kier molecular flexibility index (Phi) is 9.50. The summed E-state index contributed by atoms with van der Waals surface area (Å²) in [7, 11) is 1.67. The Morgan fingerprint density at radius 2 is 1.31 bits per heavy atom. The van der Waals surface area contributed by atoms with E-state index in [1.54, 1.807) is 19.2 Å². The number of rotatable bonds is 5.